The van der Waals surface area contributed by atoms with E-state index >= 15 is 0 Å². The number of urea groups is 1. The number of piperidine rings is 1. The Bertz CT molecular complexity index is 630. The second-order valence-corrected chi connectivity index (χ2v) is 7.74. The predicted octanol–water partition coefficient (Wildman–Crippen LogP) is 2.46. The SMILES string of the molecule is CSCC[C@H](NC(N)=O)C(=O)N1CCC(Oc2cc(C)ccc2C)CC1. The first-order chi connectivity index (χ1) is 12.4. The van der Waals surface area contributed by atoms with Gasteiger partial charge in [-0.25, -0.2) is 4.79 Å². The van der Waals surface area contributed by atoms with E-state index in [-0.39, 0.29) is 12.0 Å². The lowest BCUT2D eigenvalue weighted by atomic mass is 10.1. The summed E-state index contributed by atoms with van der Waals surface area (Å²) in [6.45, 7) is 5.35. The lowest BCUT2D eigenvalue weighted by Gasteiger charge is -2.34. The van der Waals surface area contributed by atoms with Crippen LogP contribution in [0.2, 0.25) is 0 Å². The monoisotopic (exact) mass is 379 g/mol. The molecule has 0 bridgehead atoms. The fourth-order valence-corrected chi connectivity index (χ4v) is 3.56. The number of primary amides is 1. The van der Waals surface area contributed by atoms with Gasteiger partial charge in [0.25, 0.3) is 0 Å². The van der Waals surface area contributed by atoms with Crippen LogP contribution in [0.3, 0.4) is 0 Å². The molecule has 7 heteroatoms. The van der Waals surface area contributed by atoms with Crippen LogP contribution < -0.4 is 15.8 Å². The van der Waals surface area contributed by atoms with Crippen LogP contribution in [0.1, 0.15) is 30.4 Å². The molecule has 0 saturated carbocycles. The Morgan fingerprint density at radius 2 is 2.04 bits per heavy atom. The number of carbonyl (C=O) groups excluding carboxylic acids is 2. The third-order valence-corrected chi connectivity index (χ3v) is 5.26. The minimum atomic E-state index is -0.655. The van der Waals surface area contributed by atoms with Gasteiger partial charge in [0.2, 0.25) is 5.91 Å². The standard InChI is InChI=1S/C19H29N3O3S/c1-13-4-5-14(2)17(12-13)25-15-6-9-22(10-7-15)18(23)16(8-11-26-3)21-19(20)24/h4-5,12,15-16H,6-11H2,1-3H3,(H3,20,21,24)/t16-/m0/s1. The van der Waals surface area contributed by atoms with Crippen LogP contribution >= 0.6 is 11.8 Å². The first kappa shape index (κ1) is 20.4. The summed E-state index contributed by atoms with van der Waals surface area (Å²) < 4.78 is 6.15. The van der Waals surface area contributed by atoms with Gasteiger partial charge in [0.15, 0.2) is 0 Å². The Hall–Kier alpha value is -1.89. The molecule has 1 aromatic rings. The van der Waals surface area contributed by atoms with Gasteiger partial charge in [-0.3, -0.25) is 4.79 Å². The molecule has 1 saturated heterocycles. The molecular weight excluding hydrogens is 350 g/mol. The van der Waals surface area contributed by atoms with Crippen molar-refractivity contribution >= 4 is 23.7 Å². The van der Waals surface area contributed by atoms with Gasteiger partial charge in [-0.05, 0) is 49.5 Å². The molecule has 0 radical (unpaired) electrons. The molecule has 1 fully saturated rings. The van der Waals surface area contributed by atoms with Gasteiger partial charge in [-0.15, -0.1) is 0 Å². The highest BCUT2D eigenvalue weighted by Gasteiger charge is 2.29. The molecule has 6 nitrogen and oxygen atoms in total. The average molecular weight is 380 g/mol. The highest BCUT2D eigenvalue weighted by Crippen LogP contribution is 2.24. The van der Waals surface area contributed by atoms with Crippen LogP contribution in [0.4, 0.5) is 4.79 Å². The molecule has 1 aliphatic heterocycles. The number of amides is 3. The third kappa shape index (κ3) is 5.83. The summed E-state index contributed by atoms with van der Waals surface area (Å²) in [5.41, 5.74) is 7.51. The summed E-state index contributed by atoms with van der Waals surface area (Å²) in [7, 11) is 0. The van der Waals surface area contributed by atoms with Crippen molar-refractivity contribution in [2.24, 2.45) is 5.73 Å². The van der Waals surface area contributed by atoms with Gasteiger partial charge in [0.05, 0.1) is 0 Å². The Kier molecular flexibility index (Phi) is 7.63. The number of aryl methyl sites for hydroxylation is 2. The van der Waals surface area contributed by atoms with Crippen molar-refractivity contribution in [3.8, 4) is 5.75 Å². The molecule has 1 heterocycles. The Labute approximate surface area is 159 Å². The van der Waals surface area contributed by atoms with E-state index in [0.717, 1.165) is 29.9 Å². The molecule has 0 aliphatic carbocycles. The number of thioether (sulfide) groups is 1. The zero-order valence-corrected chi connectivity index (χ0v) is 16.6. The number of rotatable bonds is 7. The molecule has 0 spiro atoms. The molecule has 1 atom stereocenters. The summed E-state index contributed by atoms with van der Waals surface area (Å²) in [5.74, 6) is 1.66. The van der Waals surface area contributed by atoms with E-state index in [1.54, 1.807) is 11.8 Å². The van der Waals surface area contributed by atoms with E-state index < -0.39 is 12.1 Å². The van der Waals surface area contributed by atoms with E-state index in [1.807, 2.05) is 25.0 Å². The molecule has 144 valence electrons. The van der Waals surface area contributed by atoms with Gasteiger partial charge in [0, 0.05) is 25.9 Å². The first-order valence-electron chi connectivity index (χ1n) is 8.98. The minimum absolute atomic E-state index is 0.0527. The van der Waals surface area contributed by atoms with E-state index in [9.17, 15) is 9.59 Å². The van der Waals surface area contributed by atoms with Crippen molar-refractivity contribution in [1.29, 1.82) is 0 Å². The largest absolute Gasteiger partial charge is 0.490 e. The lowest BCUT2D eigenvalue weighted by molar-refractivity contribution is -0.135. The van der Waals surface area contributed by atoms with Crippen LogP contribution in [-0.2, 0) is 4.79 Å². The lowest BCUT2D eigenvalue weighted by Crippen LogP contribution is -2.53. The number of benzene rings is 1. The number of ether oxygens (including phenoxy) is 1. The third-order valence-electron chi connectivity index (χ3n) is 4.62. The van der Waals surface area contributed by atoms with Crippen molar-refractivity contribution in [2.75, 3.05) is 25.1 Å². The van der Waals surface area contributed by atoms with E-state index in [2.05, 4.69) is 23.5 Å². The molecule has 26 heavy (non-hydrogen) atoms. The molecule has 1 aromatic carbocycles. The highest BCUT2D eigenvalue weighted by molar-refractivity contribution is 7.98. The summed E-state index contributed by atoms with van der Waals surface area (Å²) >= 11 is 1.64. The molecule has 1 aliphatic rings. The van der Waals surface area contributed by atoms with Crippen LogP contribution in [0.25, 0.3) is 0 Å². The fraction of sp³-hybridized carbons (Fsp3) is 0.579. The first-order valence-corrected chi connectivity index (χ1v) is 10.4. The maximum absolute atomic E-state index is 12.7. The number of likely N-dealkylation sites (tertiary alicyclic amines) is 1. The molecule has 2 rings (SSSR count). The Morgan fingerprint density at radius 1 is 1.35 bits per heavy atom. The van der Waals surface area contributed by atoms with Crippen LogP contribution in [0.15, 0.2) is 18.2 Å². The quantitative estimate of drug-likeness (QED) is 0.762. The highest BCUT2D eigenvalue weighted by atomic mass is 32.2. The maximum atomic E-state index is 12.7. The van der Waals surface area contributed by atoms with E-state index in [4.69, 9.17) is 10.5 Å². The number of nitrogens with two attached hydrogens (primary N) is 1. The van der Waals surface area contributed by atoms with Crippen molar-refractivity contribution in [3.63, 3.8) is 0 Å². The second kappa shape index (κ2) is 9.71. The van der Waals surface area contributed by atoms with Crippen molar-refractivity contribution in [3.05, 3.63) is 29.3 Å². The van der Waals surface area contributed by atoms with Crippen molar-refractivity contribution < 1.29 is 14.3 Å². The number of nitrogens with zero attached hydrogens (tertiary/aromatic N) is 1. The number of hydrogen-bond acceptors (Lipinski definition) is 4. The number of nitrogens with one attached hydrogen (secondary N) is 1. The average Bonchev–Trinajstić information content (AvgIpc) is 2.61. The minimum Gasteiger partial charge on any atom is -0.490 e. The molecule has 3 amide bonds. The maximum Gasteiger partial charge on any atom is 0.312 e. The van der Waals surface area contributed by atoms with Crippen LogP contribution in [0, 0.1) is 13.8 Å². The van der Waals surface area contributed by atoms with Gasteiger partial charge in [-0.2, -0.15) is 11.8 Å². The smallest absolute Gasteiger partial charge is 0.312 e. The van der Waals surface area contributed by atoms with Gasteiger partial charge >= 0.3 is 6.03 Å². The zero-order valence-electron chi connectivity index (χ0n) is 15.8. The molecular formula is C19H29N3O3S. The van der Waals surface area contributed by atoms with Crippen LogP contribution in [-0.4, -0.2) is 54.1 Å². The Balaban J connectivity index is 1.90. The molecule has 0 unspecified atom stereocenters. The summed E-state index contributed by atoms with van der Waals surface area (Å²) in [4.78, 5) is 25.7. The molecule has 0 aromatic heterocycles. The summed E-state index contributed by atoms with van der Waals surface area (Å²) in [6, 6.07) is 5.00. The summed E-state index contributed by atoms with van der Waals surface area (Å²) in [5, 5.41) is 2.58. The van der Waals surface area contributed by atoms with Gasteiger partial charge in [-0.1, -0.05) is 12.1 Å². The van der Waals surface area contributed by atoms with Gasteiger partial charge in [0.1, 0.15) is 17.9 Å². The predicted molar refractivity (Wildman–Crippen MR) is 106 cm³/mol. The van der Waals surface area contributed by atoms with Crippen LogP contribution in [0.5, 0.6) is 5.75 Å². The van der Waals surface area contributed by atoms with Gasteiger partial charge < -0.3 is 20.7 Å². The second-order valence-electron chi connectivity index (χ2n) is 6.75. The topological polar surface area (TPSA) is 84.7 Å². The van der Waals surface area contributed by atoms with E-state index in [0.29, 0.717) is 19.5 Å². The summed E-state index contributed by atoms with van der Waals surface area (Å²) in [6.07, 6.45) is 4.23. The molecule has 3 N–H and O–H groups in total. The number of carbonyl (C=O) groups is 2. The van der Waals surface area contributed by atoms with E-state index in [1.165, 1.54) is 5.56 Å². The number of hydrogen-bond donors (Lipinski definition) is 2. The van der Waals surface area contributed by atoms with Crippen molar-refractivity contribution in [1.82, 2.24) is 10.2 Å². The normalized spacial score (nSPS) is 16.2. The zero-order chi connectivity index (χ0) is 19.1. The Morgan fingerprint density at radius 3 is 2.65 bits per heavy atom. The fourth-order valence-electron chi connectivity index (χ4n) is 3.09. The van der Waals surface area contributed by atoms with Crippen molar-refractivity contribution in [2.45, 2.75) is 45.3 Å².